The number of carbonyl (C=O) groups excluding carboxylic acids is 1. The first kappa shape index (κ1) is 17.1. The zero-order chi connectivity index (χ0) is 17.1. The lowest BCUT2D eigenvalue weighted by molar-refractivity contribution is 0.0662. The summed E-state index contributed by atoms with van der Waals surface area (Å²) >= 11 is 0. The number of aromatic nitrogens is 2. The van der Waals surface area contributed by atoms with Crippen molar-refractivity contribution in [3.63, 3.8) is 0 Å². The fourth-order valence-corrected chi connectivity index (χ4v) is 3.26. The van der Waals surface area contributed by atoms with Crippen molar-refractivity contribution in [1.82, 2.24) is 24.7 Å². The predicted octanol–water partition coefficient (Wildman–Crippen LogP) is 0.315. The number of nitrogens with zero attached hydrogens (tertiary/aromatic N) is 6. The Morgan fingerprint density at radius 1 is 1.08 bits per heavy atom. The Morgan fingerprint density at radius 2 is 1.75 bits per heavy atom. The first-order chi connectivity index (χ1) is 11.6. The lowest BCUT2D eigenvalue weighted by Gasteiger charge is -2.34. The van der Waals surface area contributed by atoms with Crippen LogP contribution in [0.15, 0.2) is 6.20 Å². The number of likely N-dealkylation sites (N-methyl/N-ethyl adjacent to an activating group) is 2. The topological polar surface area (TPSA) is 55.8 Å². The molecule has 0 unspecified atom stereocenters. The van der Waals surface area contributed by atoms with E-state index in [-0.39, 0.29) is 5.91 Å². The second-order valence-electron chi connectivity index (χ2n) is 6.69. The highest BCUT2D eigenvalue weighted by atomic mass is 16.2. The zero-order valence-electron chi connectivity index (χ0n) is 15.0. The van der Waals surface area contributed by atoms with E-state index in [0.717, 1.165) is 70.5 Å². The molecule has 1 aromatic rings. The predicted molar refractivity (Wildman–Crippen MR) is 94.5 cm³/mol. The van der Waals surface area contributed by atoms with E-state index in [1.165, 1.54) is 0 Å². The van der Waals surface area contributed by atoms with Crippen LogP contribution in [0.2, 0.25) is 0 Å². The van der Waals surface area contributed by atoms with Gasteiger partial charge in [0.05, 0.1) is 11.3 Å². The van der Waals surface area contributed by atoms with E-state index in [1.54, 1.807) is 6.20 Å². The second kappa shape index (κ2) is 7.44. The molecule has 0 aliphatic carbocycles. The van der Waals surface area contributed by atoms with Crippen LogP contribution in [0.3, 0.4) is 0 Å². The largest absolute Gasteiger partial charge is 0.338 e. The van der Waals surface area contributed by atoms with Gasteiger partial charge in [-0.2, -0.15) is 0 Å². The average molecular weight is 332 g/mol. The van der Waals surface area contributed by atoms with E-state index in [1.807, 2.05) is 11.8 Å². The first-order valence-electron chi connectivity index (χ1n) is 8.87. The molecule has 2 saturated heterocycles. The van der Waals surface area contributed by atoms with Crippen LogP contribution in [0.4, 0.5) is 5.95 Å². The smallest absolute Gasteiger partial charge is 0.257 e. The lowest BCUT2D eigenvalue weighted by atomic mass is 10.2. The molecule has 0 aromatic carbocycles. The van der Waals surface area contributed by atoms with E-state index >= 15 is 0 Å². The van der Waals surface area contributed by atoms with Gasteiger partial charge in [-0.05, 0) is 20.5 Å². The Hall–Kier alpha value is -1.73. The fraction of sp³-hybridized carbons (Fsp3) is 0.706. The molecule has 7 nitrogen and oxygen atoms in total. The highest BCUT2D eigenvalue weighted by Crippen LogP contribution is 2.16. The molecule has 0 radical (unpaired) electrons. The number of amides is 1. The van der Waals surface area contributed by atoms with Crippen molar-refractivity contribution in [2.45, 2.75) is 13.8 Å². The van der Waals surface area contributed by atoms with Crippen LogP contribution in [0.25, 0.3) is 0 Å². The molecule has 0 atom stereocenters. The molecule has 3 heterocycles. The summed E-state index contributed by atoms with van der Waals surface area (Å²) in [5, 5.41) is 0. The third-order valence-corrected chi connectivity index (χ3v) is 5.09. The summed E-state index contributed by atoms with van der Waals surface area (Å²) in [5.41, 5.74) is 1.41. The van der Waals surface area contributed by atoms with Crippen LogP contribution in [-0.2, 0) is 0 Å². The highest BCUT2D eigenvalue weighted by molar-refractivity contribution is 5.95. The van der Waals surface area contributed by atoms with Crippen molar-refractivity contribution in [2.24, 2.45) is 0 Å². The van der Waals surface area contributed by atoms with Gasteiger partial charge in [0, 0.05) is 58.6 Å². The van der Waals surface area contributed by atoms with Crippen LogP contribution in [0.5, 0.6) is 0 Å². The summed E-state index contributed by atoms with van der Waals surface area (Å²) < 4.78 is 0. The van der Waals surface area contributed by atoms with Crippen LogP contribution < -0.4 is 4.90 Å². The second-order valence-corrected chi connectivity index (χ2v) is 6.69. The zero-order valence-corrected chi connectivity index (χ0v) is 15.0. The highest BCUT2D eigenvalue weighted by Gasteiger charge is 2.24. The maximum atomic E-state index is 12.7. The van der Waals surface area contributed by atoms with Gasteiger partial charge in [-0.3, -0.25) is 4.79 Å². The molecule has 7 heteroatoms. The molecule has 2 aliphatic heterocycles. The van der Waals surface area contributed by atoms with E-state index in [4.69, 9.17) is 0 Å². The Bertz CT molecular complexity index is 576. The minimum absolute atomic E-state index is 0.0583. The molecule has 24 heavy (non-hydrogen) atoms. The molecule has 1 aromatic heterocycles. The van der Waals surface area contributed by atoms with Gasteiger partial charge in [0.25, 0.3) is 5.91 Å². The molecule has 0 bridgehead atoms. The van der Waals surface area contributed by atoms with Crippen LogP contribution in [0, 0.1) is 6.92 Å². The number of rotatable bonds is 3. The average Bonchev–Trinajstić information content (AvgIpc) is 2.62. The number of anilines is 1. The molecule has 1 amide bonds. The Kier molecular flexibility index (Phi) is 5.30. The van der Waals surface area contributed by atoms with Gasteiger partial charge in [-0.25, -0.2) is 9.97 Å². The summed E-state index contributed by atoms with van der Waals surface area (Å²) in [4.78, 5) is 30.6. The Balaban J connectivity index is 1.67. The molecule has 2 fully saturated rings. The maximum absolute atomic E-state index is 12.7. The number of carbonyl (C=O) groups is 1. The minimum atomic E-state index is 0.0583. The van der Waals surface area contributed by atoms with Gasteiger partial charge >= 0.3 is 0 Å². The normalized spacial score (nSPS) is 20.5. The van der Waals surface area contributed by atoms with Gasteiger partial charge < -0.3 is 19.6 Å². The molecule has 0 saturated carbocycles. The van der Waals surface area contributed by atoms with E-state index in [0.29, 0.717) is 5.56 Å². The fourth-order valence-electron chi connectivity index (χ4n) is 3.26. The van der Waals surface area contributed by atoms with E-state index < -0.39 is 0 Å². The third kappa shape index (κ3) is 3.67. The number of hydrogen-bond donors (Lipinski definition) is 0. The van der Waals surface area contributed by atoms with Gasteiger partial charge in [0.15, 0.2) is 0 Å². The monoisotopic (exact) mass is 332 g/mol. The van der Waals surface area contributed by atoms with Crippen molar-refractivity contribution in [3.05, 3.63) is 17.5 Å². The van der Waals surface area contributed by atoms with E-state index in [9.17, 15) is 4.79 Å². The maximum Gasteiger partial charge on any atom is 0.257 e. The van der Waals surface area contributed by atoms with Crippen LogP contribution >= 0.6 is 0 Å². The number of hydrogen-bond acceptors (Lipinski definition) is 6. The van der Waals surface area contributed by atoms with Gasteiger partial charge in [0.1, 0.15) is 0 Å². The van der Waals surface area contributed by atoms with Crippen molar-refractivity contribution >= 4 is 11.9 Å². The lowest BCUT2D eigenvalue weighted by Crippen LogP contribution is -2.47. The Morgan fingerprint density at radius 3 is 2.33 bits per heavy atom. The molecule has 0 spiro atoms. The summed E-state index contributed by atoms with van der Waals surface area (Å²) in [6.07, 6.45) is 1.71. The summed E-state index contributed by atoms with van der Waals surface area (Å²) in [5.74, 6) is 0.807. The molecule has 3 rings (SSSR count). The van der Waals surface area contributed by atoms with Gasteiger partial charge in [-0.1, -0.05) is 6.92 Å². The molecular formula is C17H28N6O. The summed E-state index contributed by atoms with van der Waals surface area (Å²) in [7, 11) is 2.09. The van der Waals surface area contributed by atoms with E-state index in [2.05, 4.69) is 38.6 Å². The van der Waals surface area contributed by atoms with Gasteiger partial charge in [0.2, 0.25) is 5.95 Å². The van der Waals surface area contributed by atoms with Gasteiger partial charge in [-0.15, -0.1) is 0 Å². The molecular weight excluding hydrogens is 304 g/mol. The number of aryl methyl sites for hydroxylation is 1. The summed E-state index contributed by atoms with van der Waals surface area (Å²) in [6.45, 7) is 12.6. The first-order valence-corrected chi connectivity index (χ1v) is 8.87. The third-order valence-electron chi connectivity index (χ3n) is 5.09. The Labute approximate surface area is 144 Å². The molecule has 132 valence electrons. The number of piperazine rings is 2. The van der Waals surface area contributed by atoms with Crippen molar-refractivity contribution in [1.29, 1.82) is 0 Å². The van der Waals surface area contributed by atoms with Crippen molar-refractivity contribution in [2.75, 3.05) is 70.9 Å². The quantitative estimate of drug-likeness (QED) is 0.794. The SMILES string of the molecule is CCN1CCN(c2ncc(C(=O)N3CCN(C)CC3)c(C)n2)CC1. The standard InChI is InChI=1S/C17H28N6O/c1-4-21-7-11-23(12-8-21)17-18-13-15(14(2)19-17)16(24)22-9-5-20(3)6-10-22/h13H,4-12H2,1-3H3. The molecule has 2 aliphatic rings. The summed E-state index contributed by atoms with van der Waals surface area (Å²) in [6, 6.07) is 0. The minimum Gasteiger partial charge on any atom is -0.338 e. The van der Waals surface area contributed by atoms with Crippen LogP contribution in [0.1, 0.15) is 23.0 Å². The molecule has 0 N–H and O–H groups in total. The van der Waals surface area contributed by atoms with Crippen molar-refractivity contribution in [3.8, 4) is 0 Å². The van der Waals surface area contributed by atoms with Crippen LogP contribution in [-0.4, -0.2) is 96.5 Å². The van der Waals surface area contributed by atoms with Crippen molar-refractivity contribution < 1.29 is 4.79 Å².